The average molecular weight is 164 g/mol. The lowest BCUT2D eigenvalue weighted by molar-refractivity contribution is -0.107. The molecule has 0 spiro atoms. The predicted octanol–water partition coefficient (Wildman–Crippen LogP) is -0.892. The first-order chi connectivity index (χ1) is 5.75. The molecule has 3 nitrogen and oxygen atoms in total. The molecule has 2 N–H and O–H groups in total. The summed E-state index contributed by atoms with van der Waals surface area (Å²) in [5, 5.41) is 17.7. The van der Waals surface area contributed by atoms with Crippen molar-refractivity contribution in [1.29, 1.82) is 0 Å². The summed E-state index contributed by atoms with van der Waals surface area (Å²) in [5.41, 5.74) is 1.05. The third kappa shape index (κ3) is 1.93. The van der Waals surface area contributed by atoms with Gasteiger partial charge in [0, 0.05) is 6.42 Å². The molecule has 0 saturated carbocycles. The van der Waals surface area contributed by atoms with E-state index in [2.05, 4.69) is 0 Å². The molecule has 0 heterocycles. The van der Waals surface area contributed by atoms with Gasteiger partial charge in [0.05, 0.1) is 0 Å². The van der Waals surface area contributed by atoms with Crippen LogP contribution in [0.25, 0.3) is 0 Å². The smallest absolute Gasteiger partial charge is 0.423 e. The summed E-state index contributed by atoms with van der Waals surface area (Å²) >= 11 is 0. The van der Waals surface area contributed by atoms with E-state index in [4.69, 9.17) is 10.0 Å². The predicted molar refractivity (Wildman–Crippen MR) is 46.0 cm³/mol. The molecule has 0 aromatic heterocycles. The zero-order valence-electron chi connectivity index (χ0n) is 6.47. The van der Waals surface area contributed by atoms with Gasteiger partial charge in [-0.3, -0.25) is 0 Å². The maximum absolute atomic E-state index is 10.2. The van der Waals surface area contributed by atoms with E-state index in [0.29, 0.717) is 11.0 Å². The molecule has 0 bridgehead atoms. The SMILES string of the molecule is O=CCc1ccccc1B(O)O. The molecule has 0 atom stereocenters. The molecule has 0 amide bonds. The van der Waals surface area contributed by atoms with Crippen LogP contribution in [0.5, 0.6) is 0 Å². The van der Waals surface area contributed by atoms with Crippen molar-refractivity contribution in [3.05, 3.63) is 29.8 Å². The molecule has 1 aromatic carbocycles. The van der Waals surface area contributed by atoms with Crippen LogP contribution in [-0.4, -0.2) is 23.5 Å². The van der Waals surface area contributed by atoms with Crippen molar-refractivity contribution in [3.63, 3.8) is 0 Å². The summed E-state index contributed by atoms with van der Waals surface area (Å²) in [7, 11) is -1.50. The fourth-order valence-corrected chi connectivity index (χ4v) is 1.06. The second-order valence-electron chi connectivity index (χ2n) is 2.44. The van der Waals surface area contributed by atoms with Crippen LogP contribution in [0.2, 0.25) is 0 Å². The van der Waals surface area contributed by atoms with Gasteiger partial charge in [0.1, 0.15) is 6.29 Å². The van der Waals surface area contributed by atoms with E-state index in [0.717, 1.165) is 6.29 Å². The van der Waals surface area contributed by atoms with Gasteiger partial charge in [-0.25, -0.2) is 0 Å². The van der Waals surface area contributed by atoms with E-state index < -0.39 is 7.12 Å². The Kier molecular flexibility index (Phi) is 3.02. The minimum Gasteiger partial charge on any atom is -0.423 e. The number of carbonyl (C=O) groups is 1. The minimum absolute atomic E-state index is 0.216. The van der Waals surface area contributed by atoms with Crippen LogP contribution < -0.4 is 5.46 Å². The quantitative estimate of drug-likeness (QED) is 0.450. The van der Waals surface area contributed by atoms with Crippen molar-refractivity contribution in [2.24, 2.45) is 0 Å². The average Bonchev–Trinajstić information content (AvgIpc) is 2.05. The van der Waals surface area contributed by atoms with Gasteiger partial charge in [0.2, 0.25) is 0 Å². The normalized spacial score (nSPS) is 9.50. The topological polar surface area (TPSA) is 57.5 Å². The molecule has 62 valence electrons. The Morgan fingerprint density at radius 1 is 1.33 bits per heavy atom. The van der Waals surface area contributed by atoms with Gasteiger partial charge in [0.15, 0.2) is 0 Å². The number of benzene rings is 1. The van der Waals surface area contributed by atoms with E-state index in [1.54, 1.807) is 24.3 Å². The van der Waals surface area contributed by atoms with Crippen LogP contribution in [0.1, 0.15) is 5.56 Å². The van der Waals surface area contributed by atoms with Crippen molar-refractivity contribution < 1.29 is 14.8 Å². The Balaban J connectivity index is 2.99. The molecule has 0 aliphatic heterocycles. The van der Waals surface area contributed by atoms with Crippen LogP contribution in [-0.2, 0) is 11.2 Å². The molecule has 12 heavy (non-hydrogen) atoms. The van der Waals surface area contributed by atoms with Crippen LogP contribution >= 0.6 is 0 Å². The number of rotatable bonds is 3. The van der Waals surface area contributed by atoms with Crippen molar-refractivity contribution in [2.45, 2.75) is 6.42 Å². The third-order valence-corrected chi connectivity index (χ3v) is 1.64. The highest BCUT2D eigenvalue weighted by atomic mass is 16.4. The summed E-state index contributed by atoms with van der Waals surface area (Å²) in [6, 6.07) is 6.74. The molecule has 0 aliphatic rings. The molecular formula is C8H9BO3. The van der Waals surface area contributed by atoms with E-state index in [1.165, 1.54) is 0 Å². The molecule has 0 radical (unpaired) electrons. The van der Waals surface area contributed by atoms with Crippen LogP contribution in [0.15, 0.2) is 24.3 Å². The van der Waals surface area contributed by atoms with Crippen molar-refractivity contribution in [1.82, 2.24) is 0 Å². The largest absolute Gasteiger partial charge is 0.488 e. The first-order valence-electron chi connectivity index (χ1n) is 3.63. The summed E-state index contributed by atoms with van der Waals surface area (Å²) in [6.45, 7) is 0. The molecular weight excluding hydrogens is 155 g/mol. The second kappa shape index (κ2) is 4.04. The standard InChI is InChI=1S/C8H9BO3/c10-6-5-7-3-1-2-4-8(7)9(11)12/h1-4,6,11-12H,5H2. The first-order valence-corrected chi connectivity index (χ1v) is 3.63. The lowest BCUT2D eigenvalue weighted by atomic mass is 9.76. The van der Waals surface area contributed by atoms with Gasteiger partial charge >= 0.3 is 7.12 Å². The Morgan fingerprint density at radius 3 is 2.58 bits per heavy atom. The molecule has 1 aromatic rings. The number of hydrogen-bond acceptors (Lipinski definition) is 3. The summed E-state index contributed by atoms with van der Waals surface area (Å²) in [5.74, 6) is 0. The van der Waals surface area contributed by atoms with Gasteiger partial charge in [-0.05, 0) is 11.0 Å². The van der Waals surface area contributed by atoms with Crippen molar-refractivity contribution in [2.75, 3.05) is 0 Å². The minimum atomic E-state index is -1.50. The molecule has 4 heteroatoms. The third-order valence-electron chi connectivity index (χ3n) is 1.64. The maximum Gasteiger partial charge on any atom is 0.488 e. The van der Waals surface area contributed by atoms with E-state index in [9.17, 15) is 4.79 Å². The highest BCUT2D eigenvalue weighted by molar-refractivity contribution is 6.59. The van der Waals surface area contributed by atoms with Gasteiger partial charge in [0.25, 0.3) is 0 Å². The number of carbonyl (C=O) groups excluding carboxylic acids is 1. The molecule has 0 unspecified atom stereocenters. The van der Waals surface area contributed by atoms with E-state index >= 15 is 0 Å². The zero-order chi connectivity index (χ0) is 8.97. The van der Waals surface area contributed by atoms with Crippen LogP contribution in [0.4, 0.5) is 0 Å². The Bertz CT molecular complexity index is 273. The lowest BCUT2D eigenvalue weighted by Crippen LogP contribution is -2.32. The molecule has 1 rings (SSSR count). The van der Waals surface area contributed by atoms with Gasteiger partial charge in [-0.15, -0.1) is 0 Å². The van der Waals surface area contributed by atoms with E-state index in [-0.39, 0.29) is 6.42 Å². The molecule has 0 saturated heterocycles. The molecule has 0 fully saturated rings. The maximum atomic E-state index is 10.2. The van der Waals surface area contributed by atoms with Crippen molar-refractivity contribution in [3.8, 4) is 0 Å². The monoisotopic (exact) mass is 164 g/mol. The van der Waals surface area contributed by atoms with Gasteiger partial charge in [-0.1, -0.05) is 24.3 Å². The number of aldehydes is 1. The van der Waals surface area contributed by atoms with Crippen LogP contribution in [0.3, 0.4) is 0 Å². The first kappa shape index (κ1) is 8.97. The second-order valence-corrected chi connectivity index (χ2v) is 2.44. The fourth-order valence-electron chi connectivity index (χ4n) is 1.06. The molecule has 0 aliphatic carbocycles. The Morgan fingerprint density at radius 2 is 2.00 bits per heavy atom. The van der Waals surface area contributed by atoms with E-state index in [1.807, 2.05) is 0 Å². The highest BCUT2D eigenvalue weighted by Gasteiger charge is 2.13. The Hall–Kier alpha value is -1.13. The van der Waals surface area contributed by atoms with Crippen LogP contribution in [0, 0.1) is 0 Å². The summed E-state index contributed by atoms with van der Waals surface area (Å²) in [6.07, 6.45) is 0.953. The number of hydrogen-bond donors (Lipinski definition) is 2. The fraction of sp³-hybridized carbons (Fsp3) is 0.125. The van der Waals surface area contributed by atoms with Gasteiger partial charge in [-0.2, -0.15) is 0 Å². The highest BCUT2D eigenvalue weighted by Crippen LogP contribution is 1.96. The summed E-state index contributed by atoms with van der Waals surface area (Å²) in [4.78, 5) is 10.2. The van der Waals surface area contributed by atoms with Crippen molar-refractivity contribution >= 4 is 18.9 Å². The zero-order valence-corrected chi connectivity index (χ0v) is 6.47. The lowest BCUT2D eigenvalue weighted by Gasteiger charge is -2.04. The Labute approximate surface area is 70.8 Å². The summed E-state index contributed by atoms with van der Waals surface area (Å²) < 4.78 is 0. The van der Waals surface area contributed by atoms with Gasteiger partial charge < -0.3 is 14.8 Å².